The van der Waals surface area contributed by atoms with Gasteiger partial charge in [0, 0.05) is 19.3 Å². The van der Waals surface area contributed by atoms with Gasteiger partial charge in [-0.25, -0.2) is 0 Å². The van der Waals surface area contributed by atoms with Crippen molar-refractivity contribution >= 4 is 17.9 Å². The van der Waals surface area contributed by atoms with Crippen LogP contribution in [0.4, 0.5) is 0 Å². The average Bonchev–Trinajstić information content (AvgIpc) is 3.29. The van der Waals surface area contributed by atoms with Crippen molar-refractivity contribution < 1.29 is 28.6 Å². The van der Waals surface area contributed by atoms with E-state index in [1.807, 2.05) is 0 Å². The predicted octanol–water partition coefficient (Wildman–Crippen LogP) is 17.8. The van der Waals surface area contributed by atoms with E-state index in [1.165, 1.54) is 135 Å². The van der Waals surface area contributed by atoms with Crippen molar-refractivity contribution in [2.24, 2.45) is 0 Å². The van der Waals surface area contributed by atoms with E-state index in [0.717, 1.165) is 83.5 Å². The maximum Gasteiger partial charge on any atom is 0.306 e. The molecule has 0 amide bonds. The van der Waals surface area contributed by atoms with E-state index in [4.69, 9.17) is 14.2 Å². The van der Waals surface area contributed by atoms with E-state index in [9.17, 15) is 14.4 Å². The Morgan fingerprint density at radius 1 is 0.312 bits per heavy atom. The zero-order valence-electron chi connectivity index (χ0n) is 42.0. The maximum absolute atomic E-state index is 12.8. The van der Waals surface area contributed by atoms with Crippen molar-refractivity contribution in [2.45, 2.75) is 264 Å². The highest BCUT2D eigenvalue weighted by Crippen LogP contribution is 2.14. The summed E-state index contributed by atoms with van der Waals surface area (Å²) in [5.74, 6) is -0.953. The Labute approximate surface area is 395 Å². The fraction of sp³-hybridized carbons (Fsp3) is 0.741. The highest BCUT2D eigenvalue weighted by Gasteiger charge is 2.19. The smallest absolute Gasteiger partial charge is 0.306 e. The summed E-state index contributed by atoms with van der Waals surface area (Å²) < 4.78 is 16.8. The van der Waals surface area contributed by atoms with Crippen molar-refractivity contribution in [3.05, 3.63) is 72.9 Å². The Hall–Kier alpha value is -3.15. The second-order valence-corrected chi connectivity index (χ2v) is 17.9. The summed E-state index contributed by atoms with van der Waals surface area (Å²) in [6.45, 7) is 6.51. The Bertz CT molecular complexity index is 1210. The largest absolute Gasteiger partial charge is 0.462 e. The molecule has 0 aliphatic rings. The Balaban J connectivity index is 4.40. The van der Waals surface area contributed by atoms with Gasteiger partial charge in [-0.05, 0) is 89.9 Å². The van der Waals surface area contributed by atoms with E-state index >= 15 is 0 Å². The van der Waals surface area contributed by atoms with Crippen LogP contribution < -0.4 is 0 Å². The van der Waals surface area contributed by atoms with Crippen LogP contribution in [-0.4, -0.2) is 37.2 Å². The minimum atomic E-state index is -0.801. The monoisotopic (exact) mass is 893 g/mol. The fourth-order valence-corrected chi connectivity index (χ4v) is 7.34. The molecule has 0 bridgehead atoms. The Kier molecular flexibility index (Phi) is 49.9. The summed E-state index contributed by atoms with van der Waals surface area (Å²) in [6, 6.07) is 0. The van der Waals surface area contributed by atoms with Crippen LogP contribution in [0.3, 0.4) is 0 Å². The standard InChI is InChI=1S/C58H100O6/c1-4-7-10-13-16-19-22-24-26-28-29-30-32-33-36-39-42-45-48-51-57(60)63-54-55(53-62-56(59)50-47-44-41-38-35-21-18-15-12-9-6-3)64-58(61)52-49-46-43-40-37-34-31-27-25-23-20-17-14-11-8-5-2/h15-16,18-19,21-22,24,27,31,34-35,37,55H,4-14,17,20,23,25-26,28-30,32-33,36,38-54H2,1-3H3/b18-15-,19-16-,24-22-,31-27-,35-21-,37-34-. The number of carbonyl (C=O) groups excluding carboxylic acids is 3. The number of carbonyl (C=O) groups is 3. The van der Waals surface area contributed by atoms with E-state index in [1.54, 1.807) is 0 Å². The van der Waals surface area contributed by atoms with E-state index in [-0.39, 0.29) is 31.1 Å². The molecule has 0 heterocycles. The number of hydrogen-bond acceptors (Lipinski definition) is 6. The first-order valence-corrected chi connectivity index (χ1v) is 27.0. The third-order valence-corrected chi connectivity index (χ3v) is 11.5. The summed E-state index contributed by atoms with van der Waals surface area (Å²) in [4.78, 5) is 38.0. The van der Waals surface area contributed by atoms with Gasteiger partial charge in [-0.1, -0.05) is 222 Å². The molecule has 0 N–H and O–H groups in total. The third kappa shape index (κ3) is 49.9. The van der Waals surface area contributed by atoms with Crippen molar-refractivity contribution in [3.63, 3.8) is 0 Å². The van der Waals surface area contributed by atoms with Crippen LogP contribution in [0.15, 0.2) is 72.9 Å². The molecule has 0 aromatic rings. The molecule has 0 aliphatic carbocycles. The summed E-state index contributed by atoms with van der Waals surface area (Å²) in [7, 11) is 0. The Morgan fingerprint density at radius 3 is 0.922 bits per heavy atom. The quantitative estimate of drug-likeness (QED) is 0.0262. The molecule has 6 nitrogen and oxygen atoms in total. The second kappa shape index (κ2) is 52.5. The topological polar surface area (TPSA) is 78.9 Å². The molecule has 6 heteroatoms. The summed E-state index contributed by atoms with van der Waals surface area (Å²) in [6.07, 6.45) is 66.0. The van der Waals surface area contributed by atoms with Crippen molar-refractivity contribution in [3.8, 4) is 0 Å². The van der Waals surface area contributed by atoms with Gasteiger partial charge in [0.25, 0.3) is 0 Å². The van der Waals surface area contributed by atoms with Crippen LogP contribution in [0.2, 0.25) is 0 Å². The van der Waals surface area contributed by atoms with Crippen LogP contribution in [0.1, 0.15) is 258 Å². The van der Waals surface area contributed by atoms with Gasteiger partial charge in [0.1, 0.15) is 13.2 Å². The predicted molar refractivity (Wildman–Crippen MR) is 274 cm³/mol. The number of allylic oxidation sites excluding steroid dienone is 12. The zero-order chi connectivity index (χ0) is 46.5. The maximum atomic E-state index is 12.8. The normalized spacial score (nSPS) is 12.6. The van der Waals surface area contributed by atoms with Gasteiger partial charge in [0.05, 0.1) is 0 Å². The first-order chi connectivity index (χ1) is 31.5. The molecule has 0 aliphatic heterocycles. The zero-order valence-corrected chi connectivity index (χ0v) is 42.0. The van der Waals surface area contributed by atoms with Crippen LogP contribution in [-0.2, 0) is 28.6 Å². The molecular formula is C58H100O6. The summed E-state index contributed by atoms with van der Waals surface area (Å²) in [5, 5.41) is 0. The molecule has 0 aromatic heterocycles. The number of ether oxygens (including phenoxy) is 3. The molecule has 64 heavy (non-hydrogen) atoms. The fourth-order valence-electron chi connectivity index (χ4n) is 7.34. The van der Waals surface area contributed by atoms with Gasteiger partial charge in [-0.15, -0.1) is 0 Å². The van der Waals surface area contributed by atoms with E-state index < -0.39 is 6.10 Å². The lowest BCUT2D eigenvalue weighted by molar-refractivity contribution is -0.167. The molecular weight excluding hydrogens is 793 g/mol. The highest BCUT2D eigenvalue weighted by molar-refractivity contribution is 5.71. The van der Waals surface area contributed by atoms with Crippen LogP contribution >= 0.6 is 0 Å². The number of hydrogen-bond donors (Lipinski definition) is 0. The van der Waals surface area contributed by atoms with Crippen LogP contribution in [0.5, 0.6) is 0 Å². The minimum absolute atomic E-state index is 0.0964. The number of esters is 3. The SMILES string of the molecule is CCCC/C=C\C=C/CCCCCC(=O)OCC(COC(=O)CCCCCCCCCCCC/C=C\C=C/CCCCC)OC(=O)CCCCC/C=C\C=C/CCCCCCCCC. The second-order valence-electron chi connectivity index (χ2n) is 17.9. The molecule has 0 aromatic carbocycles. The van der Waals surface area contributed by atoms with E-state index in [2.05, 4.69) is 93.7 Å². The Morgan fingerprint density at radius 2 is 0.562 bits per heavy atom. The average molecular weight is 893 g/mol. The van der Waals surface area contributed by atoms with Gasteiger partial charge >= 0.3 is 17.9 Å². The van der Waals surface area contributed by atoms with Gasteiger partial charge in [0.15, 0.2) is 6.10 Å². The first-order valence-electron chi connectivity index (χ1n) is 27.0. The van der Waals surface area contributed by atoms with Crippen LogP contribution in [0.25, 0.3) is 0 Å². The molecule has 1 atom stereocenters. The lowest BCUT2D eigenvalue weighted by Crippen LogP contribution is -2.30. The van der Waals surface area contributed by atoms with E-state index in [0.29, 0.717) is 19.3 Å². The highest BCUT2D eigenvalue weighted by atomic mass is 16.6. The van der Waals surface area contributed by atoms with Gasteiger partial charge < -0.3 is 14.2 Å². The van der Waals surface area contributed by atoms with Crippen molar-refractivity contribution in [1.29, 1.82) is 0 Å². The van der Waals surface area contributed by atoms with Crippen LogP contribution in [0, 0.1) is 0 Å². The van der Waals surface area contributed by atoms with Gasteiger partial charge in [-0.3, -0.25) is 14.4 Å². The van der Waals surface area contributed by atoms with Gasteiger partial charge in [0.2, 0.25) is 0 Å². The summed E-state index contributed by atoms with van der Waals surface area (Å²) in [5.41, 5.74) is 0. The molecule has 0 saturated carbocycles. The molecule has 0 saturated heterocycles. The molecule has 0 rings (SSSR count). The number of unbranched alkanes of at least 4 members (excludes halogenated alkanes) is 28. The molecule has 368 valence electrons. The van der Waals surface area contributed by atoms with Gasteiger partial charge in [-0.2, -0.15) is 0 Å². The van der Waals surface area contributed by atoms with Crippen molar-refractivity contribution in [1.82, 2.24) is 0 Å². The molecule has 0 spiro atoms. The lowest BCUT2D eigenvalue weighted by atomic mass is 10.1. The molecule has 0 fully saturated rings. The lowest BCUT2D eigenvalue weighted by Gasteiger charge is -2.18. The minimum Gasteiger partial charge on any atom is -0.462 e. The van der Waals surface area contributed by atoms with Crippen molar-refractivity contribution in [2.75, 3.05) is 13.2 Å². The summed E-state index contributed by atoms with van der Waals surface area (Å²) >= 11 is 0. The molecule has 0 radical (unpaired) electrons. The molecule has 1 unspecified atom stereocenters. The number of rotatable bonds is 48. The third-order valence-electron chi connectivity index (χ3n) is 11.5. The first kappa shape index (κ1) is 60.9.